The summed E-state index contributed by atoms with van der Waals surface area (Å²) in [4.78, 5) is 10.3. The Kier molecular flexibility index (Phi) is 5.24. The van der Waals surface area contributed by atoms with Gasteiger partial charge in [-0.05, 0) is 63.7 Å². The summed E-state index contributed by atoms with van der Waals surface area (Å²) in [5.74, 6) is 0.679. The van der Waals surface area contributed by atoms with Gasteiger partial charge in [0.2, 0.25) is 5.95 Å². The van der Waals surface area contributed by atoms with Crippen molar-refractivity contribution >= 4 is 32.7 Å². The molecule has 0 radical (unpaired) electrons. The fraction of sp³-hybridized carbons (Fsp3) is 0.0732. The first-order chi connectivity index (χ1) is 21.6. The zero-order valence-electron chi connectivity index (χ0n) is 24.6. The van der Waals surface area contributed by atoms with Gasteiger partial charge < -0.3 is 0 Å². The van der Waals surface area contributed by atoms with Crippen molar-refractivity contribution in [2.75, 3.05) is 0 Å². The van der Waals surface area contributed by atoms with Gasteiger partial charge in [0.1, 0.15) is 0 Å². The first-order valence-corrected chi connectivity index (χ1v) is 15.2. The van der Waals surface area contributed by atoms with Crippen LogP contribution in [0, 0.1) is 0 Å². The molecule has 3 heteroatoms. The third-order valence-electron chi connectivity index (χ3n) is 9.43. The lowest BCUT2D eigenvalue weighted by atomic mass is 9.82. The second kappa shape index (κ2) is 9.23. The smallest absolute Gasteiger partial charge is 0.235 e. The Balaban J connectivity index is 1.26. The Morgan fingerprint density at radius 1 is 0.477 bits per heavy atom. The van der Waals surface area contributed by atoms with E-state index < -0.39 is 0 Å². The van der Waals surface area contributed by atoms with Crippen molar-refractivity contribution in [2.45, 2.75) is 19.3 Å². The van der Waals surface area contributed by atoms with Crippen molar-refractivity contribution in [3.05, 3.63) is 151 Å². The van der Waals surface area contributed by atoms with E-state index in [1.807, 2.05) is 12.1 Å². The molecule has 1 aliphatic rings. The second-order valence-electron chi connectivity index (χ2n) is 12.3. The van der Waals surface area contributed by atoms with E-state index in [-0.39, 0.29) is 5.41 Å². The number of rotatable bonds is 3. The van der Waals surface area contributed by atoms with E-state index in [0.717, 1.165) is 33.2 Å². The summed E-state index contributed by atoms with van der Waals surface area (Å²) in [7, 11) is 0. The summed E-state index contributed by atoms with van der Waals surface area (Å²) >= 11 is 0. The van der Waals surface area contributed by atoms with Crippen LogP contribution in [0.3, 0.4) is 0 Å². The van der Waals surface area contributed by atoms with E-state index >= 15 is 0 Å². The molecule has 6 aromatic carbocycles. The predicted molar refractivity (Wildman–Crippen MR) is 182 cm³/mol. The lowest BCUT2D eigenvalue weighted by molar-refractivity contribution is 0.660. The van der Waals surface area contributed by atoms with Crippen molar-refractivity contribution in [1.82, 2.24) is 14.5 Å². The van der Waals surface area contributed by atoms with Crippen molar-refractivity contribution in [1.29, 1.82) is 0 Å². The van der Waals surface area contributed by atoms with Gasteiger partial charge in [-0.15, -0.1) is 0 Å². The highest BCUT2D eigenvalue weighted by Crippen LogP contribution is 2.49. The standard InChI is InChI=1S/C41H29N3/c1-41(2)34-17-9-6-14-29(34)32-24-27(20-22-35(32)41)28-21-23-38-33(25-28)30-15-8-11-19-37(30)44(38)40-42-36-18-10-7-16-31(36)39(43-40)26-12-4-3-5-13-26/h3-25H,1-2H3. The van der Waals surface area contributed by atoms with Gasteiger partial charge in [-0.3, -0.25) is 4.57 Å². The normalized spacial score (nSPS) is 13.4. The van der Waals surface area contributed by atoms with Crippen LogP contribution in [0.5, 0.6) is 0 Å². The molecule has 208 valence electrons. The lowest BCUT2D eigenvalue weighted by Gasteiger charge is -2.21. The average Bonchev–Trinajstić information content (AvgIpc) is 3.53. The third-order valence-corrected chi connectivity index (χ3v) is 9.43. The summed E-state index contributed by atoms with van der Waals surface area (Å²) < 4.78 is 2.22. The van der Waals surface area contributed by atoms with Crippen LogP contribution in [-0.2, 0) is 5.41 Å². The minimum Gasteiger partial charge on any atom is -0.278 e. The summed E-state index contributed by atoms with van der Waals surface area (Å²) in [6.45, 7) is 4.66. The largest absolute Gasteiger partial charge is 0.278 e. The summed E-state index contributed by atoms with van der Waals surface area (Å²) in [6, 6.07) is 49.9. The van der Waals surface area contributed by atoms with Gasteiger partial charge in [0, 0.05) is 27.1 Å². The molecule has 0 fully saturated rings. The number of para-hydroxylation sites is 2. The van der Waals surface area contributed by atoms with E-state index in [1.54, 1.807) is 0 Å². The second-order valence-corrected chi connectivity index (χ2v) is 12.3. The highest BCUT2D eigenvalue weighted by atomic mass is 15.2. The highest BCUT2D eigenvalue weighted by molar-refractivity contribution is 6.10. The van der Waals surface area contributed by atoms with Crippen LogP contribution in [0.2, 0.25) is 0 Å². The molecule has 0 amide bonds. The fourth-order valence-electron chi connectivity index (χ4n) is 7.25. The maximum Gasteiger partial charge on any atom is 0.235 e. The molecule has 0 saturated carbocycles. The number of hydrogen-bond acceptors (Lipinski definition) is 2. The van der Waals surface area contributed by atoms with E-state index in [0.29, 0.717) is 5.95 Å². The van der Waals surface area contributed by atoms with Gasteiger partial charge in [0.15, 0.2) is 0 Å². The zero-order chi connectivity index (χ0) is 29.4. The molecule has 0 aliphatic heterocycles. The summed E-state index contributed by atoms with van der Waals surface area (Å²) in [6.07, 6.45) is 0. The van der Waals surface area contributed by atoms with Crippen LogP contribution < -0.4 is 0 Å². The minimum absolute atomic E-state index is 0.000290. The number of nitrogens with zero attached hydrogens (tertiary/aromatic N) is 3. The van der Waals surface area contributed by atoms with Gasteiger partial charge >= 0.3 is 0 Å². The monoisotopic (exact) mass is 563 g/mol. The van der Waals surface area contributed by atoms with Gasteiger partial charge in [0.25, 0.3) is 0 Å². The SMILES string of the molecule is CC1(C)c2ccccc2-c2cc(-c3ccc4c(c3)c3ccccc3n4-c3nc(-c4ccccc4)c4ccccc4n3)ccc21. The van der Waals surface area contributed by atoms with Crippen LogP contribution >= 0.6 is 0 Å². The predicted octanol–water partition coefficient (Wildman–Crippen LogP) is 10.4. The van der Waals surface area contributed by atoms with Gasteiger partial charge in [-0.25, -0.2) is 9.97 Å². The summed E-state index contributed by atoms with van der Waals surface area (Å²) in [5.41, 5.74) is 13.0. The van der Waals surface area contributed by atoms with Crippen molar-refractivity contribution in [2.24, 2.45) is 0 Å². The Morgan fingerprint density at radius 3 is 2.02 bits per heavy atom. The average molecular weight is 564 g/mol. The van der Waals surface area contributed by atoms with E-state index in [4.69, 9.17) is 9.97 Å². The molecule has 0 spiro atoms. The Hall–Kier alpha value is -5.54. The van der Waals surface area contributed by atoms with Crippen LogP contribution in [0.25, 0.3) is 72.2 Å². The lowest BCUT2D eigenvalue weighted by Crippen LogP contribution is -2.14. The molecular formula is C41H29N3. The Labute approximate surface area is 256 Å². The van der Waals surface area contributed by atoms with Crippen molar-refractivity contribution in [3.63, 3.8) is 0 Å². The van der Waals surface area contributed by atoms with E-state index in [1.165, 1.54) is 44.2 Å². The Morgan fingerprint density at radius 2 is 1.14 bits per heavy atom. The molecule has 2 heterocycles. The fourth-order valence-corrected chi connectivity index (χ4v) is 7.25. The minimum atomic E-state index is 0.000290. The quantitative estimate of drug-likeness (QED) is 0.214. The van der Waals surface area contributed by atoms with Crippen molar-refractivity contribution in [3.8, 4) is 39.5 Å². The first-order valence-electron chi connectivity index (χ1n) is 15.2. The molecule has 9 rings (SSSR count). The first kappa shape index (κ1) is 25.0. The number of aromatic nitrogens is 3. The molecule has 0 unspecified atom stereocenters. The van der Waals surface area contributed by atoms with Crippen LogP contribution in [0.1, 0.15) is 25.0 Å². The highest BCUT2D eigenvalue weighted by Gasteiger charge is 2.35. The summed E-state index contributed by atoms with van der Waals surface area (Å²) in [5, 5.41) is 3.43. The van der Waals surface area contributed by atoms with E-state index in [9.17, 15) is 0 Å². The molecule has 0 N–H and O–H groups in total. The Bertz CT molecular complexity index is 2410. The molecule has 3 nitrogen and oxygen atoms in total. The molecule has 2 aromatic heterocycles. The molecule has 0 bridgehead atoms. The van der Waals surface area contributed by atoms with Crippen LogP contribution in [-0.4, -0.2) is 14.5 Å². The van der Waals surface area contributed by atoms with Crippen LogP contribution in [0.4, 0.5) is 0 Å². The maximum absolute atomic E-state index is 5.22. The molecular weight excluding hydrogens is 534 g/mol. The number of hydrogen-bond donors (Lipinski definition) is 0. The molecule has 0 saturated heterocycles. The van der Waals surface area contributed by atoms with Gasteiger partial charge in [-0.2, -0.15) is 0 Å². The molecule has 1 aliphatic carbocycles. The third kappa shape index (κ3) is 3.56. The number of benzene rings is 6. The molecule has 44 heavy (non-hydrogen) atoms. The molecule has 0 atom stereocenters. The van der Waals surface area contributed by atoms with E-state index in [2.05, 4.69) is 146 Å². The van der Waals surface area contributed by atoms with Crippen molar-refractivity contribution < 1.29 is 0 Å². The topological polar surface area (TPSA) is 30.7 Å². The van der Waals surface area contributed by atoms with Gasteiger partial charge in [0.05, 0.1) is 22.2 Å². The maximum atomic E-state index is 5.22. The molecule has 8 aromatic rings. The van der Waals surface area contributed by atoms with Crippen LogP contribution in [0.15, 0.2) is 140 Å². The number of fused-ring (bicyclic) bond motifs is 7. The van der Waals surface area contributed by atoms with Gasteiger partial charge in [-0.1, -0.05) is 123 Å². The zero-order valence-corrected chi connectivity index (χ0v) is 24.6.